The monoisotopic (exact) mass is 366 g/mol. The zero-order valence-electron chi connectivity index (χ0n) is 15.1. The van der Waals surface area contributed by atoms with Gasteiger partial charge in [-0.1, -0.05) is 12.7 Å². The molecule has 1 unspecified atom stereocenters. The van der Waals surface area contributed by atoms with Gasteiger partial charge < -0.3 is 10.3 Å². The Morgan fingerprint density at radius 3 is 2.39 bits per heavy atom. The van der Waals surface area contributed by atoms with Crippen molar-refractivity contribution in [2.24, 2.45) is 9.98 Å². The van der Waals surface area contributed by atoms with E-state index in [1.54, 1.807) is 0 Å². The molecule has 5 heterocycles. The van der Waals surface area contributed by atoms with Crippen LogP contribution in [0.25, 0.3) is 12.2 Å². The smallest absolute Gasteiger partial charge is 0.184 e. The molecule has 2 N–H and O–H groups in total. The minimum absolute atomic E-state index is 0.0831. The molecule has 0 fully saturated rings. The number of nitrogens with one attached hydrogen (secondary N) is 2. The Hall–Kier alpha value is -3.73. The standard InChI is InChI=1S/C23H18N4O/c1-2-22(28)23-10-9-20(27-23)13-19-6-5-16(25-19)11-15-3-4-17(24-15)12-18-7-8-21(14-23)26-18/h2-9,11-14,24,27H,1,10H2. The van der Waals surface area contributed by atoms with Crippen LogP contribution in [0.1, 0.15) is 6.42 Å². The SMILES string of the molecule is C=CC(=O)C12C=C3C=CC(=N3)C=c3ccc([nH]3)=CC3=NC(=CC(=CC1)N2)C=C3. The van der Waals surface area contributed by atoms with Crippen LogP contribution in [-0.4, -0.2) is 27.7 Å². The van der Waals surface area contributed by atoms with Gasteiger partial charge in [0.15, 0.2) is 5.78 Å². The summed E-state index contributed by atoms with van der Waals surface area (Å²) >= 11 is 0. The van der Waals surface area contributed by atoms with Crippen LogP contribution in [0.3, 0.4) is 0 Å². The average Bonchev–Trinajstić information content (AvgIpc) is 3.46. The minimum atomic E-state index is -0.871. The maximum Gasteiger partial charge on any atom is 0.184 e. The van der Waals surface area contributed by atoms with Crippen molar-refractivity contribution >= 4 is 29.4 Å². The number of hydrogen-bond acceptors (Lipinski definition) is 4. The van der Waals surface area contributed by atoms with E-state index >= 15 is 0 Å². The maximum atomic E-state index is 12.7. The van der Waals surface area contributed by atoms with E-state index in [1.165, 1.54) is 6.08 Å². The molecule has 136 valence electrons. The summed E-state index contributed by atoms with van der Waals surface area (Å²) < 4.78 is 0. The first-order chi connectivity index (χ1) is 13.6. The fourth-order valence-corrected chi connectivity index (χ4v) is 3.67. The molecule has 4 aliphatic heterocycles. The lowest BCUT2D eigenvalue weighted by Gasteiger charge is -2.25. The molecule has 5 heteroatoms. The molecule has 0 saturated heterocycles. The van der Waals surface area contributed by atoms with Crippen LogP contribution < -0.4 is 16.0 Å². The summed E-state index contributed by atoms with van der Waals surface area (Å²) in [5, 5.41) is 5.30. The second kappa shape index (κ2) is 6.16. The normalized spacial score (nSPS) is 24.2. The Balaban J connectivity index is 1.68. The number of carbonyl (C=O) groups is 1. The van der Waals surface area contributed by atoms with Crippen LogP contribution in [0.2, 0.25) is 0 Å². The van der Waals surface area contributed by atoms with Crippen LogP contribution >= 0.6 is 0 Å². The van der Waals surface area contributed by atoms with E-state index in [1.807, 2.05) is 66.8 Å². The number of fused-ring (bicyclic) bond motifs is 6. The van der Waals surface area contributed by atoms with Gasteiger partial charge in [0, 0.05) is 22.8 Å². The molecule has 5 nitrogen and oxygen atoms in total. The number of aromatic amines is 1. The number of H-pyrrole nitrogens is 1. The maximum absolute atomic E-state index is 12.7. The first-order valence-corrected chi connectivity index (χ1v) is 9.14. The lowest BCUT2D eigenvalue weighted by atomic mass is 9.91. The molecule has 0 amide bonds. The molecule has 0 saturated carbocycles. The minimum Gasteiger partial charge on any atom is -0.369 e. The Morgan fingerprint density at radius 1 is 1.00 bits per heavy atom. The Kier molecular flexibility index (Phi) is 3.62. The van der Waals surface area contributed by atoms with E-state index in [9.17, 15) is 4.79 Å². The summed E-state index contributed by atoms with van der Waals surface area (Å²) in [6.07, 6.45) is 19.5. The van der Waals surface area contributed by atoms with Crippen molar-refractivity contribution < 1.29 is 4.79 Å². The molecule has 0 spiro atoms. The zero-order valence-corrected chi connectivity index (χ0v) is 15.1. The van der Waals surface area contributed by atoms with Crippen LogP contribution in [-0.2, 0) is 4.79 Å². The fraction of sp³-hybridized carbons (Fsp3) is 0.0870. The summed E-state index contributed by atoms with van der Waals surface area (Å²) in [5.41, 5.74) is 3.29. The number of rotatable bonds is 2. The molecular weight excluding hydrogens is 348 g/mol. The van der Waals surface area contributed by atoms with Gasteiger partial charge in [0.25, 0.3) is 0 Å². The number of carbonyl (C=O) groups excluding carboxylic acids is 1. The Labute approximate surface area is 162 Å². The summed E-state index contributed by atoms with van der Waals surface area (Å²) in [6, 6.07) is 4.02. The predicted octanol–water partition coefficient (Wildman–Crippen LogP) is 1.75. The molecule has 1 aromatic rings. The van der Waals surface area contributed by atoms with Gasteiger partial charge in [-0.3, -0.25) is 4.79 Å². The van der Waals surface area contributed by atoms with Gasteiger partial charge in [-0.25, -0.2) is 9.98 Å². The van der Waals surface area contributed by atoms with Crippen molar-refractivity contribution in [1.82, 2.24) is 10.3 Å². The Morgan fingerprint density at radius 2 is 1.68 bits per heavy atom. The van der Waals surface area contributed by atoms with Crippen molar-refractivity contribution in [1.29, 1.82) is 0 Å². The van der Waals surface area contributed by atoms with E-state index in [0.717, 1.165) is 39.2 Å². The van der Waals surface area contributed by atoms with Crippen molar-refractivity contribution in [2.75, 3.05) is 0 Å². The molecule has 28 heavy (non-hydrogen) atoms. The van der Waals surface area contributed by atoms with E-state index in [-0.39, 0.29) is 5.78 Å². The molecule has 0 radical (unpaired) electrons. The number of allylic oxidation sites excluding steroid dienone is 5. The van der Waals surface area contributed by atoms with Crippen molar-refractivity contribution in [3.63, 3.8) is 0 Å². The Bertz CT molecular complexity index is 1240. The van der Waals surface area contributed by atoms with Gasteiger partial charge in [-0.2, -0.15) is 0 Å². The van der Waals surface area contributed by atoms with Crippen LogP contribution in [0.15, 0.2) is 94.4 Å². The fourth-order valence-electron chi connectivity index (χ4n) is 3.67. The van der Waals surface area contributed by atoms with Gasteiger partial charge >= 0.3 is 0 Å². The summed E-state index contributed by atoms with van der Waals surface area (Å²) in [6.45, 7) is 3.68. The number of aromatic nitrogens is 1. The van der Waals surface area contributed by atoms with Crippen molar-refractivity contribution in [3.05, 3.63) is 95.1 Å². The number of nitrogens with zero attached hydrogens (tertiary/aromatic N) is 2. The van der Waals surface area contributed by atoms with E-state index in [0.29, 0.717) is 6.42 Å². The third-order valence-corrected chi connectivity index (χ3v) is 5.04. The first-order valence-electron chi connectivity index (χ1n) is 9.14. The second-order valence-corrected chi connectivity index (χ2v) is 7.06. The molecule has 0 aliphatic carbocycles. The summed E-state index contributed by atoms with van der Waals surface area (Å²) in [7, 11) is 0. The molecule has 0 aromatic carbocycles. The van der Waals surface area contributed by atoms with Gasteiger partial charge in [-0.15, -0.1) is 0 Å². The van der Waals surface area contributed by atoms with Gasteiger partial charge in [0.2, 0.25) is 0 Å². The topological polar surface area (TPSA) is 69.6 Å². The molecule has 5 rings (SSSR count). The molecular formula is C23H18N4O. The highest BCUT2D eigenvalue weighted by molar-refractivity contribution is 6.20. The lowest BCUT2D eigenvalue weighted by molar-refractivity contribution is -0.118. The lowest BCUT2D eigenvalue weighted by Crippen LogP contribution is -2.45. The zero-order chi connectivity index (χ0) is 19.1. The highest BCUT2D eigenvalue weighted by Crippen LogP contribution is 2.29. The third-order valence-electron chi connectivity index (χ3n) is 5.04. The molecule has 4 aliphatic rings. The summed E-state index contributed by atoms with van der Waals surface area (Å²) in [4.78, 5) is 25.3. The number of ketones is 1. The summed E-state index contributed by atoms with van der Waals surface area (Å²) in [5.74, 6) is -0.0831. The first kappa shape index (κ1) is 16.4. The van der Waals surface area contributed by atoms with E-state index in [4.69, 9.17) is 0 Å². The molecule has 8 bridgehead atoms. The highest BCUT2D eigenvalue weighted by atomic mass is 16.1. The third kappa shape index (κ3) is 2.87. The average molecular weight is 366 g/mol. The van der Waals surface area contributed by atoms with Gasteiger partial charge in [0.05, 0.1) is 22.8 Å². The number of aliphatic imine (C=N–C) groups is 2. The van der Waals surface area contributed by atoms with Crippen LogP contribution in [0.5, 0.6) is 0 Å². The quantitative estimate of drug-likeness (QED) is 0.783. The van der Waals surface area contributed by atoms with Gasteiger partial charge in [-0.05, 0) is 66.8 Å². The van der Waals surface area contributed by atoms with Crippen molar-refractivity contribution in [3.8, 4) is 0 Å². The molecule has 1 aromatic heterocycles. The molecule has 1 atom stereocenters. The predicted molar refractivity (Wildman–Crippen MR) is 112 cm³/mol. The highest BCUT2D eigenvalue weighted by Gasteiger charge is 2.38. The van der Waals surface area contributed by atoms with Crippen LogP contribution in [0, 0.1) is 0 Å². The van der Waals surface area contributed by atoms with Crippen molar-refractivity contribution in [2.45, 2.75) is 12.0 Å². The van der Waals surface area contributed by atoms with Gasteiger partial charge in [0.1, 0.15) is 5.54 Å². The van der Waals surface area contributed by atoms with E-state index in [2.05, 4.69) is 26.9 Å². The largest absolute Gasteiger partial charge is 0.369 e. The van der Waals surface area contributed by atoms with Crippen LogP contribution in [0.4, 0.5) is 0 Å². The van der Waals surface area contributed by atoms with E-state index < -0.39 is 5.54 Å². The second-order valence-electron chi connectivity index (χ2n) is 7.06. The number of hydrogen-bond donors (Lipinski definition) is 2.